The summed E-state index contributed by atoms with van der Waals surface area (Å²) in [5.41, 5.74) is 1.03. The zero-order chi connectivity index (χ0) is 19.5. The molecule has 3 heterocycles. The maximum Gasteiger partial charge on any atom is 0.287 e. The number of carbonyl (C=O) groups is 1. The summed E-state index contributed by atoms with van der Waals surface area (Å²) in [6.45, 7) is 2.94. The van der Waals surface area contributed by atoms with Crippen molar-refractivity contribution < 1.29 is 28.2 Å². The van der Waals surface area contributed by atoms with Crippen molar-refractivity contribution in [3.63, 3.8) is 0 Å². The van der Waals surface area contributed by atoms with Crippen LogP contribution in [0, 0.1) is 5.82 Å². The van der Waals surface area contributed by atoms with Crippen LogP contribution in [-0.4, -0.2) is 62.9 Å². The van der Waals surface area contributed by atoms with E-state index in [1.54, 1.807) is 29.2 Å². The highest BCUT2D eigenvalue weighted by Crippen LogP contribution is 2.29. The summed E-state index contributed by atoms with van der Waals surface area (Å²) in [5.74, 6) is -0.514. The van der Waals surface area contributed by atoms with Gasteiger partial charge in [-0.1, -0.05) is 0 Å². The molecule has 2 saturated heterocycles. The fourth-order valence-corrected chi connectivity index (χ4v) is 3.38. The van der Waals surface area contributed by atoms with Crippen molar-refractivity contribution in [1.29, 1.82) is 0 Å². The largest absolute Gasteiger partial charge is 0.459 e. The van der Waals surface area contributed by atoms with E-state index in [0.717, 1.165) is 0 Å². The molecule has 2 N–H and O–H groups in total. The molecule has 28 heavy (non-hydrogen) atoms. The summed E-state index contributed by atoms with van der Waals surface area (Å²) >= 11 is 0. The van der Waals surface area contributed by atoms with Crippen molar-refractivity contribution in [1.82, 2.24) is 5.32 Å². The molecule has 2 aliphatic rings. The van der Waals surface area contributed by atoms with Crippen LogP contribution >= 0.6 is 0 Å². The van der Waals surface area contributed by atoms with Crippen LogP contribution < -0.4 is 15.1 Å². The smallest absolute Gasteiger partial charge is 0.287 e. The number of ether oxygens (including phenoxy) is 2. The van der Waals surface area contributed by atoms with E-state index in [1.165, 1.54) is 12.3 Å². The Bertz CT molecular complexity index is 810. The highest BCUT2D eigenvalue weighted by molar-refractivity contribution is 5.91. The monoisotopic (exact) mass is 391 g/mol. The maximum atomic E-state index is 14.6. The van der Waals surface area contributed by atoms with E-state index in [0.29, 0.717) is 44.2 Å². The minimum Gasteiger partial charge on any atom is -0.459 e. The van der Waals surface area contributed by atoms with E-state index in [1.807, 2.05) is 4.90 Å². The third kappa shape index (κ3) is 3.96. The van der Waals surface area contributed by atoms with E-state index in [-0.39, 0.29) is 24.0 Å². The van der Waals surface area contributed by atoms with E-state index in [2.05, 4.69) is 5.32 Å². The van der Waals surface area contributed by atoms with Crippen LogP contribution in [0.3, 0.4) is 0 Å². The van der Waals surface area contributed by atoms with Gasteiger partial charge >= 0.3 is 0 Å². The van der Waals surface area contributed by atoms with Crippen LogP contribution in [0.25, 0.3) is 0 Å². The zero-order valence-corrected chi connectivity index (χ0v) is 15.2. The molecule has 1 unspecified atom stereocenters. The Morgan fingerprint density at radius 3 is 2.82 bits per heavy atom. The maximum absolute atomic E-state index is 14.6. The normalized spacial score (nSPS) is 22.5. The average molecular weight is 391 g/mol. The third-order valence-corrected chi connectivity index (χ3v) is 4.83. The molecule has 4 rings (SSSR count). The van der Waals surface area contributed by atoms with Crippen LogP contribution in [0.5, 0.6) is 0 Å². The molecule has 2 aromatic rings. The van der Waals surface area contributed by atoms with E-state index >= 15 is 0 Å². The van der Waals surface area contributed by atoms with Crippen molar-refractivity contribution in [3.05, 3.63) is 48.2 Å². The van der Waals surface area contributed by atoms with Crippen molar-refractivity contribution in [3.8, 4) is 0 Å². The van der Waals surface area contributed by atoms with Gasteiger partial charge in [0.2, 0.25) is 6.41 Å². The van der Waals surface area contributed by atoms with Crippen LogP contribution in [0.4, 0.5) is 15.8 Å². The molecule has 1 aromatic heterocycles. The molecule has 8 nitrogen and oxygen atoms in total. The summed E-state index contributed by atoms with van der Waals surface area (Å²) in [6, 6.07) is 8.03. The summed E-state index contributed by atoms with van der Waals surface area (Å²) in [5, 5.41) is 12.9. The number of aliphatic hydroxyl groups excluding tert-OH is 1. The molecule has 1 amide bonds. The first-order valence-corrected chi connectivity index (χ1v) is 9.16. The number of morpholine rings is 1. The van der Waals surface area contributed by atoms with Gasteiger partial charge in [0.25, 0.3) is 5.91 Å². The summed E-state index contributed by atoms with van der Waals surface area (Å²) in [6.07, 6.45) is -0.225. The molecule has 0 bridgehead atoms. The highest BCUT2D eigenvalue weighted by atomic mass is 19.1. The molecule has 9 heteroatoms. The lowest BCUT2D eigenvalue weighted by atomic mass is 10.2. The van der Waals surface area contributed by atoms with Gasteiger partial charge in [0, 0.05) is 25.3 Å². The standard InChI is InChI=1S/C19H22FN3O5/c20-15-10-13(3-4-16(15)22-5-8-26-9-6-22)23-12-14(28-19(23)25)11-21-18(24)17-2-1-7-27-17/h1-4,7,10,14,19,25H,5-6,8-9,11-12H2,(H,21,24)/t14-,19?/m0/s1. The number of amides is 1. The van der Waals surface area contributed by atoms with Gasteiger partial charge in [-0.2, -0.15) is 0 Å². The molecular weight excluding hydrogens is 369 g/mol. The van der Waals surface area contributed by atoms with Gasteiger partial charge in [-0.15, -0.1) is 0 Å². The quantitative estimate of drug-likeness (QED) is 0.791. The SMILES string of the molecule is O=C(NC[C@H]1CN(c2ccc(N3CCOCC3)c(F)c2)C(O)O1)c1ccco1. The number of carbonyl (C=O) groups excluding carboxylic acids is 1. The van der Waals surface area contributed by atoms with Gasteiger partial charge in [-0.3, -0.25) is 4.79 Å². The lowest BCUT2D eigenvalue weighted by Crippen LogP contribution is -2.37. The first-order chi connectivity index (χ1) is 13.6. The Morgan fingerprint density at radius 2 is 2.11 bits per heavy atom. The molecule has 0 aliphatic carbocycles. The lowest BCUT2D eigenvalue weighted by Gasteiger charge is -2.30. The first kappa shape index (κ1) is 18.7. The van der Waals surface area contributed by atoms with Crippen molar-refractivity contribution in [2.24, 2.45) is 0 Å². The minimum absolute atomic E-state index is 0.196. The number of nitrogens with zero attached hydrogens (tertiary/aromatic N) is 2. The van der Waals surface area contributed by atoms with Crippen LogP contribution in [0.2, 0.25) is 0 Å². The van der Waals surface area contributed by atoms with Crippen molar-refractivity contribution in [2.45, 2.75) is 12.5 Å². The lowest BCUT2D eigenvalue weighted by molar-refractivity contribution is -0.0868. The second kappa shape index (κ2) is 8.17. The second-order valence-electron chi connectivity index (χ2n) is 6.66. The molecule has 150 valence electrons. The Morgan fingerprint density at radius 1 is 1.29 bits per heavy atom. The van der Waals surface area contributed by atoms with Gasteiger partial charge < -0.3 is 34.1 Å². The Labute approximate surface area is 161 Å². The Hall–Kier alpha value is -2.62. The second-order valence-corrected chi connectivity index (χ2v) is 6.66. The number of halogens is 1. The van der Waals surface area contributed by atoms with E-state index in [9.17, 15) is 14.3 Å². The summed E-state index contributed by atoms with van der Waals surface area (Å²) < 4.78 is 30.4. The number of rotatable bonds is 5. The molecule has 0 radical (unpaired) electrons. The minimum atomic E-state index is -1.21. The fraction of sp³-hybridized carbons (Fsp3) is 0.421. The number of hydrogen-bond donors (Lipinski definition) is 2. The Kier molecular flexibility index (Phi) is 5.47. The predicted octanol–water partition coefficient (Wildman–Crippen LogP) is 1.17. The molecule has 2 fully saturated rings. The molecule has 2 aliphatic heterocycles. The van der Waals surface area contributed by atoms with Crippen LogP contribution in [0.1, 0.15) is 10.6 Å². The van der Waals surface area contributed by atoms with E-state index < -0.39 is 12.5 Å². The predicted molar refractivity (Wildman–Crippen MR) is 98.7 cm³/mol. The fourth-order valence-electron chi connectivity index (χ4n) is 3.38. The molecular formula is C19H22FN3O5. The van der Waals surface area contributed by atoms with Crippen molar-refractivity contribution >= 4 is 17.3 Å². The number of hydrogen-bond acceptors (Lipinski definition) is 7. The van der Waals surface area contributed by atoms with Gasteiger partial charge in [0.15, 0.2) is 5.76 Å². The highest BCUT2D eigenvalue weighted by Gasteiger charge is 2.32. The van der Waals surface area contributed by atoms with Crippen LogP contribution in [0.15, 0.2) is 41.0 Å². The number of furan rings is 1. The van der Waals surface area contributed by atoms with Gasteiger partial charge in [0.05, 0.1) is 37.8 Å². The number of anilines is 2. The molecule has 0 saturated carbocycles. The van der Waals surface area contributed by atoms with Crippen LogP contribution in [-0.2, 0) is 9.47 Å². The molecule has 2 atom stereocenters. The first-order valence-electron chi connectivity index (χ1n) is 9.16. The van der Waals surface area contributed by atoms with E-state index in [4.69, 9.17) is 13.9 Å². The van der Waals surface area contributed by atoms with Crippen molar-refractivity contribution in [2.75, 3.05) is 49.2 Å². The number of aliphatic hydroxyl groups is 1. The summed E-state index contributed by atoms with van der Waals surface area (Å²) in [4.78, 5) is 15.4. The average Bonchev–Trinajstić information content (AvgIpc) is 3.37. The summed E-state index contributed by atoms with van der Waals surface area (Å²) in [7, 11) is 0. The molecule has 1 aromatic carbocycles. The number of benzene rings is 1. The molecule has 0 spiro atoms. The zero-order valence-electron chi connectivity index (χ0n) is 15.2. The Balaban J connectivity index is 1.37. The number of nitrogens with one attached hydrogen (secondary N) is 1. The third-order valence-electron chi connectivity index (χ3n) is 4.83. The van der Waals surface area contributed by atoms with Gasteiger partial charge in [0.1, 0.15) is 5.82 Å². The van der Waals surface area contributed by atoms with Gasteiger partial charge in [-0.05, 0) is 30.3 Å². The van der Waals surface area contributed by atoms with Gasteiger partial charge in [-0.25, -0.2) is 4.39 Å². The topological polar surface area (TPSA) is 87.4 Å².